The van der Waals surface area contributed by atoms with Gasteiger partial charge in [0, 0.05) is 38.1 Å². The first-order chi connectivity index (χ1) is 11.1. The molecule has 2 atom stereocenters. The molecule has 1 aromatic rings. The SMILES string of the molecule is C[C@@H]1CN(c2ccc(C(=O)N3CCCSCC3)cn2)C[C@H](C)O1. The second kappa shape index (κ2) is 7.53. The van der Waals surface area contributed by atoms with E-state index in [2.05, 4.69) is 23.7 Å². The van der Waals surface area contributed by atoms with Crippen LogP contribution in [-0.2, 0) is 4.74 Å². The number of aromatic nitrogens is 1. The zero-order valence-corrected chi connectivity index (χ0v) is 14.7. The van der Waals surface area contributed by atoms with Gasteiger partial charge in [-0.15, -0.1) is 0 Å². The fraction of sp³-hybridized carbons (Fsp3) is 0.647. The van der Waals surface area contributed by atoms with Gasteiger partial charge in [-0.1, -0.05) is 0 Å². The lowest BCUT2D eigenvalue weighted by Crippen LogP contribution is -2.45. The van der Waals surface area contributed by atoms with E-state index in [0.29, 0.717) is 5.56 Å². The van der Waals surface area contributed by atoms with Gasteiger partial charge in [-0.25, -0.2) is 4.98 Å². The molecule has 0 bridgehead atoms. The van der Waals surface area contributed by atoms with E-state index in [4.69, 9.17) is 4.74 Å². The largest absolute Gasteiger partial charge is 0.372 e. The first kappa shape index (κ1) is 16.6. The molecule has 2 aliphatic heterocycles. The number of nitrogens with zero attached hydrogens (tertiary/aromatic N) is 3. The fourth-order valence-corrected chi connectivity index (χ4v) is 4.08. The molecule has 1 amide bonds. The van der Waals surface area contributed by atoms with Crippen LogP contribution in [0.15, 0.2) is 18.3 Å². The molecular weight excluding hydrogens is 310 g/mol. The maximum absolute atomic E-state index is 12.6. The van der Waals surface area contributed by atoms with Crippen molar-refractivity contribution in [3.8, 4) is 0 Å². The Morgan fingerprint density at radius 2 is 2.00 bits per heavy atom. The van der Waals surface area contributed by atoms with Gasteiger partial charge in [-0.3, -0.25) is 4.79 Å². The van der Waals surface area contributed by atoms with Gasteiger partial charge in [0.2, 0.25) is 0 Å². The predicted molar refractivity (Wildman–Crippen MR) is 94.3 cm³/mol. The van der Waals surface area contributed by atoms with Crippen LogP contribution in [0.3, 0.4) is 0 Å². The van der Waals surface area contributed by atoms with Crippen molar-refractivity contribution in [3.05, 3.63) is 23.9 Å². The Kier molecular flexibility index (Phi) is 5.43. The van der Waals surface area contributed by atoms with Crippen molar-refractivity contribution in [1.29, 1.82) is 0 Å². The van der Waals surface area contributed by atoms with Gasteiger partial charge in [-0.05, 0) is 38.2 Å². The maximum Gasteiger partial charge on any atom is 0.255 e. The lowest BCUT2D eigenvalue weighted by Gasteiger charge is -2.36. The predicted octanol–water partition coefficient (Wildman–Crippen LogP) is 2.27. The summed E-state index contributed by atoms with van der Waals surface area (Å²) in [4.78, 5) is 21.3. The zero-order chi connectivity index (χ0) is 16.2. The number of carbonyl (C=O) groups is 1. The van der Waals surface area contributed by atoms with E-state index in [0.717, 1.165) is 49.9 Å². The Balaban J connectivity index is 1.67. The molecule has 0 N–H and O–H groups in total. The van der Waals surface area contributed by atoms with Gasteiger partial charge in [0.25, 0.3) is 5.91 Å². The van der Waals surface area contributed by atoms with Crippen LogP contribution in [0.4, 0.5) is 5.82 Å². The summed E-state index contributed by atoms with van der Waals surface area (Å²) < 4.78 is 5.76. The first-order valence-electron chi connectivity index (χ1n) is 8.37. The average molecular weight is 335 g/mol. The Bertz CT molecular complexity index is 519. The summed E-state index contributed by atoms with van der Waals surface area (Å²) in [6.07, 6.45) is 3.21. The number of carbonyl (C=O) groups excluding carboxylic acids is 1. The van der Waals surface area contributed by atoms with Crippen LogP contribution >= 0.6 is 11.8 Å². The quantitative estimate of drug-likeness (QED) is 0.830. The fourth-order valence-electron chi connectivity index (χ4n) is 3.20. The number of ether oxygens (including phenoxy) is 1. The molecule has 0 radical (unpaired) electrons. The Hall–Kier alpha value is -1.27. The number of pyridine rings is 1. The number of rotatable bonds is 2. The molecule has 0 aromatic carbocycles. The molecule has 0 aliphatic carbocycles. The van der Waals surface area contributed by atoms with Crippen LogP contribution in [0.25, 0.3) is 0 Å². The molecule has 2 aliphatic rings. The van der Waals surface area contributed by atoms with E-state index in [1.165, 1.54) is 0 Å². The van der Waals surface area contributed by atoms with Crippen molar-refractivity contribution in [3.63, 3.8) is 0 Å². The standard InChI is InChI=1S/C17H25N3O2S/c1-13-11-20(12-14(2)22-13)16-5-4-15(10-18-16)17(21)19-6-3-8-23-9-7-19/h4-5,10,13-14H,3,6-9,11-12H2,1-2H3/t13-,14+. The normalized spacial score (nSPS) is 26.0. The molecule has 3 rings (SSSR count). The molecule has 1 aromatic heterocycles. The van der Waals surface area contributed by atoms with Crippen LogP contribution in [0.5, 0.6) is 0 Å². The van der Waals surface area contributed by atoms with Crippen LogP contribution in [0.1, 0.15) is 30.6 Å². The van der Waals surface area contributed by atoms with Crippen LogP contribution < -0.4 is 4.90 Å². The van der Waals surface area contributed by atoms with Gasteiger partial charge in [-0.2, -0.15) is 11.8 Å². The summed E-state index contributed by atoms with van der Waals surface area (Å²) >= 11 is 1.93. The Morgan fingerprint density at radius 3 is 2.70 bits per heavy atom. The van der Waals surface area contributed by atoms with E-state index in [9.17, 15) is 4.79 Å². The lowest BCUT2D eigenvalue weighted by atomic mass is 10.2. The zero-order valence-electron chi connectivity index (χ0n) is 13.9. The molecule has 0 spiro atoms. The molecule has 23 heavy (non-hydrogen) atoms. The summed E-state index contributed by atoms with van der Waals surface area (Å²) in [7, 11) is 0. The number of amides is 1. The minimum Gasteiger partial charge on any atom is -0.372 e. The van der Waals surface area contributed by atoms with Gasteiger partial charge >= 0.3 is 0 Å². The molecule has 6 heteroatoms. The van der Waals surface area contributed by atoms with E-state index in [-0.39, 0.29) is 18.1 Å². The molecule has 0 unspecified atom stereocenters. The van der Waals surface area contributed by atoms with Gasteiger partial charge in [0.15, 0.2) is 0 Å². The maximum atomic E-state index is 12.6. The smallest absolute Gasteiger partial charge is 0.255 e. The molecule has 5 nitrogen and oxygen atoms in total. The third kappa shape index (κ3) is 4.18. The van der Waals surface area contributed by atoms with Gasteiger partial charge < -0.3 is 14.5 Å². The summed E-state index contributed by atoms with van der Waals surface area (Å²) in [5, 5.41) is 0. The molecular formula is C17H25N3O2S. The highest BCUT2D eigenvalue weighted by Gasteiger charge is 2.24. The van der Waals surface area contributed by atoms with Crippen molar-refractivity contribution in [2.75, 3.05) is 42.6 Å². The Labute approximate surface area is 142 Å². The summed E-state index contributed by atoms with van der Waals surface area (Å²) in [5.74, 6) is 3.21. The molecule has 0 saturated carbocycles. The van der Waals surface area contributed by atoms with E-state index < -0.39 is 0 Å². The van der Waals surface area contributed by atoms with Crippen LogP contribution in [0.2, 0.25) is 0 Å². The third-order valence-corrected chi connectivity index (χ3v) is 5.30. The van der Waals surface area contributed by atoms with Crippen molar-refractivity contribution in [1.82, 2.24) is 9.88 Å². The number of anilines is 1. The summed E-state index contributed by atoms with van der Waals surface area (Å²) in [6, 6.07) is 3.87. The first-order valence-corrected chi connectivity index (χ1v) is 9.52. The van der Waals surface area contributed by atoms with Crippen molar-refractivity contribution in [2.45, 2.75) is 32.5 Å². The third-order valence-electron chi connectivity index (χ3n) is 4.25. The summed E-state index contributed by atoms with van der Waals surface area (Å²) in [5.41, 5.74) is 0.690. The Morgan fingerprint density at radius 1 is 1.22 bits per heavy atom. The van der Waals surface area contributed by atoms with E-state index in [1.807, 2.05) is 28.8 Å². The number of hydrogen-bond donors (Lipinski definition) is 0. The number of hydrogen-bond acceptors (Lipinski definition) is 5. The molecule has 2 saturated heterocycles. The van der Waals surface area contributed by atoms with E-state index >= 15 is 0 Å². The average Bonchev–Trinajstić information content (AvgIpc) is 2.83. The highest BCUT2D eigenvalue weighted by atomic mass is 32.2. The molecule has 2 fully saturated rings. The van der Waals surface area contributed by atoms with Crippen molar-refractivity contribution >= 4 is 23.5 Å². The lowest BCUT2D eigenvalue weighted by molar-refractivity contribution is -0.00546. The summed E-state index contributed by atoms with van der Waals surface area (Å²) in [6.45, 7) is 7.54. The highest BCUT2D eigenvalue weighted by Crippen LogP contribution is 2.19. The molecule has 3 heterocycles. The van der Waals surface area contributed by atoms with Crippen LogP contribution in [0, 0.1) is 0 Å². The number of morpholine rings is 1. The van der Waals surface area contributed by atoms with Gasteiger partial charge in [0.1, 0.15) is 5.82 Å². The minimum atomic E-state index is 0.107. The van der Waals surface area contributed by atoms with Crippen LogP contribution in [-0.4, -0.2) is 65.7 Å². The van der Waals surface area contributed by atoms with Crippen molar-refractivity contribution < 1.29 is 9.53 Å². The van der Waals surface area contributed by atoms with Gasteiger partial charge in [0.05, 0.1) is 17.8 Å². The minimum absolute atomic E-state index is 0.107. The second-order valence-electron chi connectivity index (χ2n) is 6.33. The van der Waals surface area contributed by atoms with Crippen molar-refractivity contribution in [2.24, 2.45) is 0 Å². The molecule has 126 valence electrons. The topological polar surface area (TPSA) is 45.7 Å². The second-order valence-corrected chi connectivity index (χ2v) is 7.55. The number of thioether (sulfide) groups is 1. The van der Waals surface area contributed by atoms with E-state index in [1.54, 1.807) is 6.20 Å². The monoisotopic (exact) mass is 335 g/mol. The highest BCUT2D eigenvalue weighted by molar-refractivity contribution is 7.99.